The van der Waals surface area contributed by atoms with Gasteiger partial charge in [0.15, 0.2) is 0 Å². The molecule has 0 bridgehead atoms. The van der Waals surface area contributed by atoms with Gasteiger partial charge in [-0.25, -0.2) is 0 Å². The van der Waals surface area contributed by atoms with Crippen LogP contribution in [0.4, 0.5) is 22.7 Å². The van der Waals surface area contributed by atoms with E-state index in [-0.39, 0.29) is 12.1 Å². The van der Waals surface area contributed by atoms with E-state index in [9.17, 15) is 0 Å². The quantitative estimate of drug-likeness (QED) is 0.140. The van der Waals surface area contributed by atoms with Gasteiger partial charge in [0, 0.05) is 22.7 Å². The van der Waals surface area contributed by atoms with Gasteiger partial charge in [-0.1, -0.05) is 194 Å². The van der Waals surface area contributed by atoms with Crippen LogP contribution >= 0.6 is 0 Å². The summed E-state index contributed by atoms with van der Waals surface area (Å²) in [7, 11) is 0. The molecule has 2 nitrogen and oxygen atoms in total. The molecule has 2 aliphatic carbocycles. The van der Waals surface area contributed by atoms with Crippen molar-refractivity contribution >= 4 is 88.8 Å². The number of hydrogen-bond donors (Lipinski definition) is 0. The van der Waals surface area contributed by atoms with E-state index < -0.39 is 0 Å². The third kappa shape index (κ3) is 6.88. The molecule has 68 heavy (non-hydrogen) atoms. The van der Waals surface area contributed by atoms with E-state index in [1.165, 1.54) is 109 Å². The Labute approximate surface area is 397 Å². The normalized spacial score (nSPS) is 15.4. The number of allylic oxidation sites excluding steroid dienone is 2. The number of nitrogens with zero attached hydrogens (tertiary/aromatic N) is 2. The molecule has 13 rings (SSSR count). The van der Waals surface area contributed by atoms with Crippen LogP contribution in [0.3, 0.4) is 0 Å². The summed E-state index contributed by atoms with van der Waals surface area (Å²) in [6, 6.07) is 81.2. The Balaban J connectivity index is 1.13. The summed E-state index contributed by atoms with van der Waals surface area (Å²) in [4.78, 5) is 5.05. The third-order valence-electron chi connectivity index (χ3n) is 14.4. The van der Waals surface area contributed by atoms with Crippen LogP contribution in [0.1, 0.15) is 12.8 Å². The van der Waals surface area contributed by atoms with Crippen LogP contribution < -0.4 is 20.2 Å². The molecule has 2 unspecified atom stereocenters. The number of fused-ring (bicyclic) bond motifs is 8. The van der Waals surface area contributed by atoms with E-state index in [1.807, 2.05) is 0 Å². The topological polar surface area (TPSA) is 6.48 Å². The van der Waals surface area contributed by atoms with E-state index >= 15 is 0 Å². The summed E-state index contributed by atoms with van der Waals surface area (Å²) in [5.41, 5.74) is 9.69. The molecule has 0 radical (unpaired) electrons. The molecule has 2 atom stereocenters. The molecule has 0 N–H and O–H groups in total. The zero-order chi connectivity index (χ0) is 45.0. The van der Waals surface area contributed by atoms with Crippen molar-refractivity contribution < 1.29 is 0 Å². The molecule has 0 saturated heterocycles. The van der Waals surface area contributed by atoms with Crippen molar-refractivity contribution in [3.63, 3.8) is 0 Å². The molecule has 0 heterocycles. The van der Waals surface area contributed by atoms with Crippen molar-refractivity contribution in [3.05, 3.63) is 253 Å². The van der Waals surface area contributed by atoms with Gasteiger partial charge in [0.25, 0.3) is 0 Å². The first-order valence-corrected chi connectivity index (χ1v) is 24.0. The minimum Gasteiger partial charge on any atom is -0.334 e. The monoisotopic (exact) mass is 868 g/mol. The van der Waals surface area contributed by atoms with Crippen LogP contribution in [0.5, 0.6) is 0 Å². The Morgan fingerprint density at radius 1 is 0.324 bits per heavy atom. The zero-order valence-electron chi connectivity index (χ0n) is 37.7. The SMILES string of the molecule is C1=CCC(N(c2ccccc2)c2ccc3c(-c4ccc5c(ccc6ccccc65)c4)c4c(c(-c5ccc6c(ccc7ccccc76)c5)c3c2)=CCC(N(c2ccccc2)c2ccccc2)C=4)C=C1. The van der Waals surface area contributed by atoms with E-state index in [0.717, 1.165) is 12.8 Å². The van der Waals surface area contributed by atoms with E-state index in [2.05, 4.69) is 265 Å². The van der Waals surface area contributed by atoms with Gasteiger partial charge in [-0.3, -0.25) is 0 Å². The second-order valence-electron chi connectivity index (χ2n) is 18.3. The average Bonchev–Trinajstić information content (AvgIpc) is 3.41. The Kier molecular flexibility index (Phi) is 9.83. The summed E-state index contributed by atoms with van der Waals surface area (Å²) in [5.74, 6) is 0. The minimum atomic E-state index is 0.0581. The minimum absolute atomic E-state index is 0.0581. The second-order valence-corrected chi connectivity index (χ2v) is 18.3. The van der Waals surface area contributed by atoms with E-state index in [4.69, 9.17) is 0 Å². The van der Waals surface area contributed by atoms with Crippen LogP contribution in [-0.4, -0.2) is 12.1 Å². The van der Waals surface area contributed by atoms with Crippen molar-refractivity contribution in [1.82, 2.24) is 0 Å². The number of anilines is 4. The highest BCUT2D eigenvalue weighted by atomic mass is 15.2. The van der Waals surface area contributed by atoms with Crippen molar-refractivity contribution in [2.75, 3.05) is 9.80 Å². The Morgan fingerprint density at radius 2 is 0.809 bits per heavy atom. The molecule has 11 aromatic rings. The first-order chi connectivity index (χ1) is 33.7. The maximum absolute atomic E-state index is 2.58. The molecule has 11 aromatic carbocycles. The molecule has 0 aliphatic heterocycles. The van der Waals surface area contributed by atoms with Crippen LogP contribution in [0.15, 0.2) is 243 Å². The molecular weight excluding hydrogens is 821 g/mol. The molecule has 0 amide bonds. The highest BCUT2D eigenvalue weighted by molar-refractivity contribution is 6.13. The second kappa shape index (κ2) is 16.8. The number of hydrogen-bond acceptors (Lipinski definition) is 2. The number of benzene rings is 11. The van der Waals surface area contributed by atoms with Crippen molar-refractivity contribution in [1.29, 1.82) is 0 Å². The zero-order valence-corrected chi connectivity index (χ0v) is 37.7. The van der Waals surface area contributed by atoms with Gasteiger partial charge >= 0.3 is 0 Å². The molecule has 322 valence electrons. The van der Waals surface area contributed by atoms with Gasteiger partial charge in [0.1, 0.15) is 0 Å². The van der Waals surface area contributed by atoms with Gasteiger partial charge in [0.05, 0.1) is 12.1 Å². The maximum Gasteiger partial charge on any atom is 0.0566 e. The molecule has 0 aromatic heterocycles. The predicted molar refractivity (Wildman–Crippen MR) is 292 cm³/mol. The molecular formula is C66H48N2. The lowest BCUT2D eigenvalue weighted by Crippen LogP contribution is -2.40. The lowest BCUT2D eigenvalue weighted by atomic mass is 9.84. The summed E-state index contributed by atoms with van der Waals surface area (Å²) < 4.78 is 0. The summed E-state index contributed by atoms with van der Waals surface area (Å²) in [6.07, 6.45) is 15.9. The first kappa shape index (κ1) is 39.9. The van der Waals surface area contributed by atoms with E-state index in [0.29, 0.717) is 0 Å². The Bertz CT molecular complexity index is 3890. The van der Waals surface area contributed by atoms with Crippen molar-refractivity contribution in [3.8, 4) is 22.3 Å². The van der Waals surface area contributed by atoms with Crippen molar-refractivity contribution in [2.24, 2.45) is 0 Å². The highest BCUT2D eigenvalue weighted by Crippen LogP contribution is 2.41. The fourth-order valence-electron chi connectivity index (χ4n) is 11.3. The van der Waals surface area contributed by atoms with Gasteiger partial charge < -0.3 is 9.80 Å². The summed E-state index contributed by atoms with van der Waals surface area (Å²) in [5, 5.41) is 15.2. The largest absolute Gasteiger partial charge is 0.334 e. The highest BCUT2D eigenvalue weighted by Gasteiger charge is 2.26. The van der Waals surface area contributed by atoms with Crippen LogP contribution in [0, 0.1) is 0 Å². The van der Waals surface area contributed by atoms with Crippen LogP contribution in [0.25, 0.3) is 88.3 Å². The predicted octanol–water partition coefficient (Wildman–Crippen LogP) is 16.0. The van der Waals surface area contributed by atoms with Gasteiger partial charge in [-0.2, -0.15) is 0 Å². The average molecular weight is 869 g/mol. The Morgan fingerprint density at radius 3 is 1.37 bits per heavy atom. The molecule has 0 spiro atoms. The van der Waals surface area contributed by atoms with E-state index in [1.54, 1.807) is 0 Å². The third-order valence-corrected chi connectivity index (χ3v) is 14.4. The molecule has 2 heteroatoms. The lowest BCUT2D eigenvalue weighted by molar-refractivity contribution is 0.785. The Hall–Kier alpha value is -8.46. The standard InChI is InChI=1S/C66H48N2/c1-5-19-51(20-6-1)67(52-21-7-2-8-22-52)55-35-39-61-63(43-55)65(49-33-37-59-47(41-49)31-29-45-17-13-15-27-57(45)59)62-40-36-56(68(53-23-9-3-10-24-53)54-25-11-4-12-26-54)44-64(62)66(61)50-34-38-60-48(42-50)32-30-46-18-14-16-28-58(46)60/h1-25,27-34,36-44,54-55H,26,35H2. The lowest BCUT2D eigenvalue weighted by Gasteiger charge is -2.34. The van der Waals surface area contributed by atoms with Crippen LogP contribution in [0.2, 0.25) is 0 Å². The molecule has 0 saturated carbocycles. The number of rotatable bonds is 8. The fraction of sp³-hybridized carbons (Fsp3) is 0.0606. The molecule has 0 fully saturated rings. The van der Waals surface area contributed by atoms with Gasteiger partial charge in [-0.05, 0) is 160 Å². The maximum atomic E-state index is 2.58. The number of para-hydroxylation sites is 3. The molecule has 2 aliphatic rings. The summed E-state index contributed by atoms with van der Waals surface area (Å²) in [6.45, 7) is 0. The first-order valence-electron chi connectivity index (χ1n) is 24.0. The fourth-order valence-corrected chi connectivity index (χ4v) is 11.3. The van der Waals surface area contributed by atoms with Gasteiger partial charge in [-0.15, -0.1) is 0 Å². The van der Waals surface area contributed by atoms with Crippen molar-refractivity contribution in [2.45, 2.75) is 24.9 Å². The smallest absolute Gasteiger partial charge is 0.0566 e. The van der Waals surface area contributed by atoms with Crippen LogP contribution in [-0.2, 0) is 0 Å². The van der Waals surface area contributed by atoms with Gasteiger partial charge in [0.2, 0.25) is 0 Å². The summed E-state index contributed by atoms with van der Waals surface area (Å²) >= 11 is 0.